The third-order valence-corrected chi connectivity index (χ3v) is 11.3. The molecule has 0 aliphatic rings. The third kappa shape index (κ3) is 4.10. The zero-order valence-corrected chi connectivity index (χ0v) is 28.6. The summed E-state index contributed by atoms with van der Waals surface area (Å²) in [6, 6.07) is 66.3. The van der Waals surface area contributed by atoms with E-state index in [0.29, 0.717) is 0 Å². The molecule has 0 bridgehead atoms. The van der Waals surface area contributed by atoms with Crippen LogP contribution in [0.25, 0.3) is 110 Å². The summed E-state index contributed by atoms with van der Waals surface area (Å²) < 4.78 is 11.0. The van der Waals surface area contributed by atoms with Crippen LogP contribution in [0.4, 0.5) is 0 Å². The van der Waals surface area contributed by atoms with E-state index in [4.69, 9.17) is 4.42 Å². The topological polar surface area (TPSA) is 23.0 Å². The van der Waals surface area contributed by atoms with Gasteiger partial charge in [-0.3, -0.25) is 0 Å². The number of fused-ring (bicyclic) bond motifs is 12. The van der Waals surface area contributed by atoms with Crippen LogP contribution in [0.1, 0.15) is 0 Å². The van der Waals surface area contributed by atoms with Crippen LogP contribution in [-0.4, -0.2) is 9.13 Å². The van der Waals surface area contributed by atoms with Crippen LogP contribution >= 0.6 is 0 Å². The van der Waals surface area contributed by atoms with E-state index >= 15 is 0 Å². The molecular formula is C50H30N2O. The first kappa shape index (κ1) is 28.6. The van der Waals surface area contributed by atoms with Gasteiger partial charge in [0.2, 0.25) is 0 Å². The van der Waals surface area contributed by atoms with E-state index in [-0.39, 0.29) is 0 Å². The normalized spacial score (nSPS) is 12.2. The second-order valence-electron chi connectivity index (χ2n) is 14.1. The average Bonchev–Trinajstić information content (AvgIpc) is 3.87. The van der Waals surface area contributed by atoms with E-state index in [2.05, 4.69) is 179 Å². The molecule has 0 spiro atoms. The molecule has 3 aromatic heterocycles. The number of nitrogens with zero attached hydrogens (tertiary/aromatic N) is 2. The molecule has 0 atom stereocenters. The van der Waals surface area contributed by atoms with Gasteiger partial charge >= 0.3 is 0 Å². The van der Waals surface area contributed by atoms with Crippen LogP contribution in [0.15, 0.2) is 186 Å². The number of furan rings is 1. The van der Waals surface area contributed by atoms with E-state index in [1.54, 1.807) is 0 Å². The second kappa shape index (κ2) is 10.7. The Labute approximate surface area is 304 Å². The molecule has 9 aromatic carbocycles. The molecule has 3 nitrogen and oxygen atoms in total. The Hall–Kier alpha value is -7.10. The molecule has 246 valence electrons. The lowest BCUT2D eigenvalue weighted by Crippen LogP contribution is -1.94. The molecule has 0 radical (unpaired) electrons. The quantitative estimate of drug-likeness (QED) is 0.171. The third-order valence-electron chi connectivity index (χ3n) is 11.3. The van der Waals surface area contributed by atoms with Crippen LogP contribution in [0.2, 0.25) is 0 Å². The Morgan fingerprint density at radius 3 is 1.70 bits per heavy atom. The Kier molecular flexibility index (Phi) is 5.77. The first-order valence-electron chi connectivity index (χ1n) is 18.2. The van der Waals surface area contributed by atoms with Crippen LogP contribution < -0.4 is 0 Å². The minimum absolute atomic E-state index is 0.906. The van der Waals surface area contributed by atoms with Crippen LogP contribution in [0.5, 0.6) is 0 Å². The first-order chi connectivity index (χ1) is 26.3. The number of benzene rings is 9. The van der Waals surface area contributed by atoms with Crippen molar-refractivity contribution in [3.63, 3.8) is 0 Å². The highest BCUT2D eigenvalue weighted by Crippen LogP contribution is 2.40. The maximum Gasteiger partial charge on any atom is 0.135 e. The number of para-hydroxylation sites is 3. The van der Waals surface area contributed by atoms with Gasteiger partial charge in [0.15, 0.2) is 0 Å². The predicted octanol–water partition coefficient (Wildman–Crippen LogP) is 13.8. The van der Waals surface area contributed by atoms with Gasteiger partial charge in [-0.15, -0.1) is 0 Å². The van der Waals surface area contributed by atoms with E-state index in [1.165, 1.54) is 76.3 Å². The summed E-state index contributed by atoms with van der Waals surface area (Å²) in [6.07, 6.45) is 0. The Morgan fingerprint density at radius 1 is 0.283 bits per heavy atom. The Bertz CT molecular complexity index is 3470. The van der Waals surface area contributed by atoms with Crippen molar-refractivity contribution >= 4 is 87.1 Å². The molecule has 0 saturated carbocycles. The summed E-state index contributed by atoms with van der Waals surface area (Å²) in [7, 11) is 0. The minimum Gasteiger partial charge on any atom is -0.456 e. The average molecular weight is 675 g/mol. The summed E-state index contributed by atoms with van der Waals surface area (Å²) in [5.74, 6) is 0. The molecule has 0 fully saturated rings. The standard InChI is InChI=1S/C50H30N2O/c1-2-10-37-31(9-1)17-18-34-27-35(21-24-38(34)37)52-45-14-6-3-11-39(45)41-23-19-33(29-48(41)52)32-20-25-47-43(28-32)40-12-4-7-15-46(40)51(47)36-22-26-50-44(30-36)42-13-5-8-16-49(42)53-50/h1-30H. The van der Waals surface area contributed by atoms with Gasteiger partial charge in [0, 0.05) is 43.7 Å². The fourth-order valence-electron chi connectivity index (χ4n) is 8.85. The van der Waals surface area contributed by atoms with Crippen molar-refractivity contribution in [2.24, 2.45) is 0 Å². The molecule has 3 heterocycles. The maximum absolute atomic E-state index is 6.17. The summed E-state index contributed by atoms with van der Waals surface area (Å²) in [4.78, 5) is 0. The lowest BCUT2D eigenvalue weighted by molar-refractivity contribution is 0.669. The van der Waals surface area contributed by atoms with Gasteiger partial charge in [0.1, 0.15) is 11.2 Å². The molecule has 12 aromatic rings. The van der Waals surface area contributed by atoms with Gasteiger partial charge in [-0.05, 0) is 99.4 Å². The van der Waals surface area contributed by atoms with Crippen molar-refractivity contribution in [1.29, 1.82) is 0 Å². The van der Waals surface area contributed by atoms with Crippen molar-refractivity contribution in [3.05, 3.63) is 182 Å². The first-order valence-corrected chi connectivity index (χ1v) is 18.2. The van der Waals surface area contributed by atoms with Crippen molar-refractivity contribution in [3.8, 4) is 22.5 Å². The molecule has 3 heteroatoms. The monoisotopic (exact) mass is 674 g/mol. The highest BCUT2D eigenvalue weighted by molar-refractivity contribution is 6.14. The second-order valence-corrected chi connectivity index (χ2v) is 14.1. The fraction of sp³-hybridized carbons (Fsp3) is 0. The molecule has 0 aliphatic carbocycles. The molecule has 53 heavy (non-hydrogen) atoms. The molecule has 0 aliphatic heterocycles. The number of aromatic nitrogens is 2. The zero-order valence-electron chi connectivity index (χ0n) is 28.6. The lowest BCUT2D eigenvalue weighted by atomic mass is 10.0. The molecule has 0 saturated heterocycles. The van der Waals surface area contributed by atoms with E-state index in [0.717, 1.165) is 33.3 Å². The van der Waals surface area contributed by atoms with Crippen LogP contribution in [-0.2, 0) is 0 Å². The molecular weight excluding hydrogens is 645 g/mol. The SMILES string of the molecule is c1ccc2c(c1)ccc1cc(-n3c4ccccc4c4ccc(-c5ccc6c(c5)c5ccccc5n6-c5ccc6oc7ccccc7c6c5)cc43)ccc12. The van der Waals surface area contributed by atoms with Gasteiger partial charge < -0.3 is 13.6 Å². The molecule has 12 rings (SSSR count). The van der Waals surface area contributed by atoms with E-state index in [9.17, 15) is 0 Å². The Balaban J connectivity index is 1.05. The minimum atomic E-state index is 0.906. The van der Waals surface area contributed by atoms with Gasteiger partial charge in [-0.25, -0.2) is 0 Å². The van der Waals surface area contributed by atoms with Gasteiger partial charge in [0.05, 0.1) is 22.1 Å². The zero-order chi connectivity index (χ0) is 34.6. The van der Waals surface area contributed by atoms with Crippen molar-refractivity contribution in [2.75, 3.05) is 0 Å². The summed E-state index contributed by atoms with van der Waals surface area (Å²) in [5.41, 5.74) is 11.3. The summed E-state index contributed by atoms with van der Waals surface area (Å²) >= 11 is 0. The molecule has 0 N–H and O–H groups in total. The van der Waals surface area contributed by atoms with Gasteiger partial charge in [0.25, 0.3) is 0 Å². The van der Waals surface area contributed by atoms with Crippen molar-refractivity contribution in [1.82, 2.24) is 9.13 Å². The number of rotatable bonds is 3. The predicted molar refractivity (Wildman–Crippen MR) is 223 cm³/mol. The maximum atomic E-state index is 6.17. The van der Waals surface area contributed by atoms with Gasteiger partial charge in [-0.1, -0.05) is 115 Å². The molecule has 0 amide bonds. The Morgan fingerprint density at radius 2 is 0.830 bits per heavy atom. The number of hydrogen-bond donors (Lipinski definition) is 0. The van der Waals surface area contributed by atoms with Crippen LogP contribution in [0.3, 0.4) is 0 Å². The van der Waals surface area contributed by atoms with Crippen LogP contribution in [0, 0.1) is 0 Å². The van der Waals surface area contributed by atoms with Gasteiger partial charge in [-0.2, -0.15) is 0 Å². The molecule has 0 unspecified atom stereocenters. The van der Waals surface area contributed by atoms with Crippen molar-refractivity contribution in [2.45, 2.75) is 0 Å². The van der Waals surface area contributed by atoms with E-state index in [1.807, 2.05) is 12.1 Å². The highest BCUT2D eigenvalue weighted by atomic mass is 16.3. The summed E-state index contributed by atoms with van der Waals surface area (Å²) in [5, 5.41) is 12.3. The lowest BCUT2D eigenvalue weighted by Gasteiger charge is -2.12. The fourth-order valence-corrected chi connectivity index (χ4v) is 8.85. The summed E-state index contributed by atoms with van der Waals surface area (Å²) in [6.45, 7) is 0. The van der Waals surface area contributed by atoms with Crippen molar-refractivity contribution < 1.29 is 4.42 Å². The largest absolute Gasteiger partial charge is 0.456 e. The van der Waals surface area contributed by atoms with E-state index < -0.39 is 0 Å². The smallest absolute Gasteiger partial charge is 0.135 e. The number of hydrogen-bond acceptors (Lipinski definition) is 1. The highest BCUT2D eigenvalue weighted by Gasteiger charge is 2.17.